The van der Waals surface area contributed by atoms with Crippen LogP contribution in [0.1, 0.15) is 21.5 Å². The molecule has 2 N–H and O–H groups in total. The van der Waals surface area contributed by atoms with Gasteiger partial charge in [0.15, 0.2) is 0 Å². The molecule has 2 aromatic carbocycles. The lowest BCUT2D eigenvalue weighted by Gasteiger charge is -2.08. The van der Waals surface area contributed by atoms with E-state index in [1.807, 2.05) is 43.3 Å². The van der Waals surface area contributed by atoms with Crippen molar-refractivity contribution in [2.24, 2.45) is 0 Å². The summed E-state index contributed by atoms with van der Waals surface area (Å²) in [6, 6.07) is 11.6. The number of halogens is 1. The summed E-state index contributed by atoms with van der Waals surface area (Å²) in [7, 11) is 0. The maximum absolute atomic E-state index is 12.2. The fourth-order valence-electron chi connectivity index (χ4n) is 2.32. The van der Waals surface area contributed by atoms with Gasteiger partial charge in [-0.1, -0.05) is 22.0 Å². The average molecular weight is 331 g/mol. The minimum absolute atomic E-state index is 0.0865. The predicted molar refractivity (Wildman–Crippen MR) is 85.5 cm³/mol. The van der Waals surface area contributed by atoms with E-state index in [2.05, 4.69) is 26.6 Å². The number of anilines is 2. The van der Waals surface area contributed by atoms with Crippen molar-refractivity contribution in [3.05, 3.63) is 57.6 Å². The lowest BCUT2D eigenvalue weighted by Crippen LogP contribution is -2.12. The number of aryl methyl sites for hydroxylation is 1. The molecule has 3 rings (SSSR count). The zero-order valence-corrected chi connectivity index (χ0v) is 12.8. The molecule has 4 heteroatoms. The second-order valence-electron chi connectivity index (χ2n) is 4.97. The standard InChI is InChI=1S/C16H15BrN2O/c1-10-2-3-12(9-14(10)17)16(20)19-13-4-5-15-11(8-13)6-7-18-15/h2-5,8-9,18H,6-7H2,1H3,(H,19,20). The molecule has 1 aliphatic rings. The van der Waals surface area contributed by atoms with E-state index in [0.29, 0.717) is 5.56 Å². The fourth-order valence-corrected chi connectivity index (χ4v) is 2.70. The molecule has 0 aliphatic carbocycles. The fraction of sp³-hybridized carbons (Fsp3) is 0.188. The van der Waals surface area contributed by atoms with Crippen LogP contribution in [-0.2, 0) is 6.42 Å². The molecule has 0 atom stereocenters. The van der Waals surface area contributed by atoms with Gasteiger partial charge in [-0.2, -0.15) is 0 Å². The quantitative estimate of drug-likeness (QED) is 0.874. The molecule has 1 amide bonds. The highest BCUT2D eigenvalue weighted by atomic mass is 79.9. The predicted octanol–water partition coefficient (Wildman–Crippen LogP) is 3.98. The van der Waals surface area contributed by atoms with Crippen LogP contribution in [0.15, 0.2) is 40.9 Å². The van der Waals surface area contributed by atoms with E-state index in [-0.39, 0.29) is 5.91 Å². The number of hydrogen-bond donors (Lipinski definition) is 2. The molecule has 0 saturated carbocycles. The Hall–Kier alpha value is -1.81. The topological polar surface area (TPSA) is 41.1 Å². The largest absolute Gasteiger partial charge is 0.384 e. The van der Waals surface area contributed by atoms with E-state index in [4.69, 9.17) is 0 Å². The number of benzene rings is 2. The Labute approximate surface area is 126 Å². The zero-order valence-electron chi connectivity index (χ0n) is 11.2. The first-order valence-electron chi connectivity index (χ1n) is 6.58. The summed E-state index contributed by atoms with van der Waals surface area (Å²) in [6.07, 6.45) is 1.01. The van der Waals surface area contributed by atoms with Gasteiger partial charge in [-0.15, -0.1) is 0 Å². The van der Waals surface area contributed by atoms with Gasteiger partial charge in [0.2, 0.25) is 0 Å². The summed E-state index contributed by atoms with van der Waals surface area (Å²) in [5.41, 5.74) is 5.04. The van der Waals surface area contributed by atoms with Crippen LogP contribution in [0.5, 0.6) is 0 Å². The van der Waals surface area contributed by atoms with Gasteiger partial charge in [0, 0.05) is 28.0 Å². The van der Waals surface area contributed by atoms with E-state index < -0.39 is 0 Å². The molecule has 0 unspecified atom stereocenters. The van der Waals surface area contributed by atoms with Crippen molar-refractivity contribution in [1.82, 2.24) is 0 Å². The van der Waals surface area contributed by atoms with Crippen LogP contribution in [0.3, 0.4) is 0 Å². The summed E-state index contributed by atoms with van der Waals surface area (Å²) in [4.78, 5) is 12.2. The number of hydrogen-bond acceptors (Lipinski definition) is 2. The van der Waals surface area contributed by atoms with Gasteiger partial charge in [0.05, 0.1) is 0 Å². The minimum atomic E-state index is -0.0865. The maximum Gasteiger partial charge on any atom is 0.255 e. The molecule has 0 spiro atoms. The molecule has 1 heterocycles. The molecular formula is C16H15BrN2O. The lowest BCUT2D eigenvalue weighted by atomic mass is 10.1. The molecule has 0 aromatic heterocycles. The molecule has 102 valence electrons. The molecule has 20 heavy (non-hydrogen) atoms. The third-order valence-electron chi connectivity index (χ3n) is 3.51. The average Bonchev–Trinajstić information content (AvgIpc) is 2.89. The monoisotopic (exact) mass is 330 g/mol. The Kier molecular flexibility index (Phi) is 3.49. The van der Waals surface area contributed by atoms with Crippen molar-refractivity contribution in [2.75, 3.05) is 17.2 Å². The third kappa shape index (κ3) is 2.56. The van der Waals surface area contributed by atoms with Gasteiger partial charge in [-0.05, 0) is 54.8 Å². The number of rotatable bonds is 2. The molecular weight excluding hydrogens is 316 g/mol. The highest BCUT2D eigenvalue weighted by molar-refractivity contribution is 9.10. The summed E-state index contributed by atoms with van der Waals surface area (Å²) in [5, 5.41) is 6.25. The van der Waals surface area contributed by atoms with E-state index in [1.165, 1.54) is 11.3 Å². The first-order valence-corrected chi connectivity index (χ1v) is 7.37. The van der Waals surface area contributed by atoms with E-state index in [0.717, 1.165) is 28.7 Å². The smallest absolute Gasteiger partial charge is 0.255 e. The van der Waals surface area contributed by atoms with Gasteiger partial charge in [0.1, 0.15) is 0 Å². The number of amides is 1. The molecule has 0 saturated heterocycles. The summed E-state index contributed by atoms with van der Waals surface area (Å²) in [5.74, 6) is -0.0865. The number of carbonyl (C=O) groups excluding carboxylic acids is 1. The van der Waals surface area contributed by atoms with E-state index >= 15 is 0 Å². The van der Waals surface area contributed by atoms with E-state index in [1.54, 1.807) is 0 Å². The molecule has 3 nitrogen and oxygen atoms in total. The highest BCUT2D eigenvalue weighted by Gasteiger charge is 2.12. The molecule has 0 radical (unpaired) electrons. The van der Waals surface area contributed by atoms with E-state index in [9.17, 15) is 4.79 Å². The second kappa shape index (κ2) is 5.29. The van der Waals surface area contributed by atoms with Crippen LogP contribution in [0.25, 0.3) is 0 Å². The van der Waals surface area contributed by atoms with Crippen LogP contribution >= 0.6 is 15.9 Å². The number of fused-ring (bicyclic) bond motifs is 1. The maximum atomic E-state index is 12.2. The first kappa shape index (κ1) is 13.2. The Morgan fingerprint density at radius 2 is 2.10 bits per heavy atom. The van der Waals surface area contributed by atoms with Gasteiger partial charge in [-0.3, -0.25) is 4.79 Å². The Morgan fingerprint density at radius 1 is 1.25 bits per heavy atom. The molecule has 1 aliphatic heterocycles. The van der Waals surface area contributed by atoms with Crippen LogP contribution in [0, 0.1) is 6.92 Å². The number of carbonyl (C=O) groups is 1. The molecule has 0 fully saturated rings. The lowest BCUT2D eigenvalue weighted by molar-refractivity contribution is 0.102. The highest BCUT2D eigenvalue weighted by Crippen LogP contribution is 2.26. The van der Waals surface area contributed by atoms with Crippen LogP contribution in [0.2, 0.25) is 0 Å². The van der Waals surface area contributed by atoms with Crippen LogP contribution in [0.4, 0.5) is 11.4 Å². The first-order chi connectivity index (χ1) is 9.63. The second-order valence-corrected chi connectivity index (χ2v) is 5.82. The molecule has 2 aromatic rings. The van der Waals surface area contributed by atoms with Crippen molar-refractivity contribution in [3.63, 3.8) is 0 Å². The van der Waals surface area contributed by atoms with Crippen molar-refractivity contribution in [3.8, 4) is 0 Å². The normalized spacial score (nSPS) is 12.7. The molecule has 0 bridgehead atoms. The summed E-state index contributed by atoms with van der Waals surface area (Å²) < 4.78 is 0.948. The SMILES string of the molecule is Cc1ccc(C(=O)Nc2ccc3c(c2)CCN3)cc1Br. The van der Waals surface area contributed by atoms with Gasteiger partial charge in [-0.25, -0.2) is 0 Å². The zero-order chi connectivity index (χ0) is 14.1. The van der Waals surface area contributed by atoms with Crippen molar-refractivity contribution in [2.45, 2.75) is 13.3 Å². The summed E-state index contributed by atoms with van der Waals surface area (Å²) >= 11 is 3.45. The Bertz CT molecular complexity index is 682. The minimum Gasteiger partial charge on any atom is -0.384 e. The third-order valence-corrected chi connectivity index (χ3v) is 4.36. The Morgan fingerprint density at radius 3 is 2.90 bits per heavy atom. The van der Waals surface area contributed by atoms with Crippen molar-refractivity contribution in [1.29, 1.82) is 0 Å². The number of nitrogens with one attached hydrogen (secondary N) is 2. The van der Waals surface area contributed by atoms with Gasteiger partial charge in [0.25, 0.3) is 5.91 Å². The van der Waals surface area contributed by atoms with Crippen molar-refractivity contribution >= 4 is 33.2 Å². The van der Waals surface area contributed by atoms with Gasteiger partial charge < -0.3 is 10.6 Å². The van der Waals surface area contributed by atoms with Gasteiger partial charge >= 0.3 is 0 Å². The van der Waals surface area contributed by atoms with Crippen LogP contribution < -0.4 is 10.6 Å². The Balaban J connectivity index is 1.80. The van der Waals surface area contributed by atoms with Crippen LogP contribution in [-0.4, -0.2) is 12.5 Å². The summed E-state index contributed by atoms with van der Waals surface area (Å²) in [6.45, 7) is 2.97. The van der Waals surface area contributed by atoms with Crippen molar-refractivity contribution < 1.29 is 4.79 Å².